The molecule has 0 bridgehead atoms. The fourth-order valence-corrected chi connectivity index (χ4v) is 4.59. The van der Waals surface area contributed by atoms with Crippen molar-refractivity contribution in [2.24, 2.45) is 0 Å². The van der Waals surface area contributed by atoms with Crippen LogP contribution < -0.4 is 10.1 Å². The van der Waals surface area contributed by atoms with E-state index in [4.69, 9.17) is 4.74 Å². The molecule has 0 aromatic heterocycles. The molecule has 0 radical (unpaired) electrons. The maximum absolute atomic E-state index is 13.0. The lowest BCUT2D eigenvalue weighted by Gasteiger charge is -2.19. The van der Waals surface area contributed by atoms with Crippen LogP contribution in [0.4, 0.5) is 5.69 Å². The summed E-state index contributed by atoms with van der Waals surface area (Å²) in [4.78, 5) is 12.6. The Morgan fingerprint density at radius 2 is 1.81 bits per heavy atom. The number of sulfonamides is 1. The Labute approximate surface area is 153 Å². The van der Waals surface area contributed by atoms with Crippen LogP contribution in [0.25, 0.3) is 0 Å². The van der Waals surface area contributed by atoms with E-state index >= 15 is 0 Å². The summed E-state index contributed by atoms with van der Waals surface area (Å²) < 4.78 is 32.9. The molecule has 2 aromatic rings. The van der Waals surface area contributed by atoms with E-state index in [9.17, 15) is 13.2 Å². The highest BCUT2D eigenvalue weighted by Crippen LogP contribution is 2.30. The molecule has 0 unspecified atom stereocenters. The van der Waals surface area contributed by atoms with Crippen molar-refractivity contribution in [1.29, 1.82) is 0 Å². The van der Waals surface area contributed by atoms with Gasteiger partial charge in [-0.05, 0) is 50.1 Å². The van der Waals surface area contributed by atoms with E-state index in [1.54, 1.807) is 31.2 Å². The summed E-state index contributed by atoms with van der Waals surface area (Å²) >= 11 is 0. The van der Waals surface area contributed by atoms with Crippen LogP contribution >= 0.6 is 0 Å². The zero-order valence-corrected chi connectivity index (χ0v) is 15.5. The monoisotopic (exact) mass is 374 g/mol. The van der Waals surface area contributed by atoms with E-state index in [2.05, 4.69) is 5.32 Å². The zero-order chi connectivity index (χ0) is 18.6. The number of nitrogens with zero attached hydrogens (tertiary/aromatic N) is 1. The molecule has 6 nitrogen and oxygen atoms in total. The highest BCUT2D eigenvalue weighted by Gasteiger charge is 2.30. The Bertz CT molecular complexity index is 876. The SMILES string of the molecule is CCOc1ccc(C(=O)Nc2ccccc2)cc1S(=O)(=O)N1CCCC1. The Morgan fingerprint density at radius 3 is 2.46 bits per heavy atom. The van der Waals surface area contributed by atoms with Crippen LogP contribution in [0.3, 0.4) is 0 Å². The smallest absolute Gasteiger partial charge is 0.255 e. The van der Waals surface area contributed by atoms with Gasteiger partial charge in [0.05, 0.1) is 6.61 Å². The van der Waals surface area contributed by atoms with Crippen LogP contribution in [0, 0.1) is 0 Å². The van der Waals surface area contributed by atoms with Gasteiger partial charge in [-0.15, -0.1) is 0 Å². The van der Waals surface area contributed by atoms with Crippen molar-refractivity contribution in [2.45, 2.75) is 24.7 Å². The predicted octanol–water partition coefficient (Wildman–Crippen LogP) is 3.12. The normalized spacial score (nSPS) is 15.0. The summed E-state index contributed by atoms with van der Waals surface area (Å²) in [5, 5.41) is 2.77. The largest absolute Gasteiger partial charge is 0.492 e. The third kappa shape index (κ3) is 3.89. The zero-order valence-electron chi connectivity index (χ0n) is 14.6. The Kier molecular flexibility index (Phi) is 5.58. The third-order valence-electron chi connectivity index (χ3n) is 4.22. The summed E-state index contributed by atoms with van der Waals surface area (Å²) in [5.41, 5.74) is 0.922. The lowest BCUT2D eigenvalue weighted by molar-refractivity contribution is 0.102. The second kappa shape index (κ2) is 7.88. The van der Waals surface area contributed by atoms with Crippen LogP contribution in [-0.4, -0.2) is 38.3 Å². The topological polar surface area (TPSA) is 75.7 Å². The van der Waals surface area contributed by atoms with Crippen molar-refractivity contribution in [2.75, 3.05) is 25.0 Å². The molecular formula is C19H22N2O4S. The maximum atomic E-state index is 13.0. The molecule has 3 rings (SSSR count). The Morgan fingerprint density at radius 1 is 1.12 bits per heavy atom. The summed E-state index contributed by atoms with van der Waals surface area (Å²) in [7, 11) is -3.69. The van der Waals surface area contributed by atoms with E-state index < -0.39 is 10.0 Å². The van der Waals surface area contributed by atoms with E-state index in [0.717, 1.165) is 12.8 Å². The van der Waals surface area contributed by atoms with Gasteiger partial charge < -0.3 is 10.1 Å². The van der Waals surface area contributed by atoms with Crippen molar-refractivity contribution >= 4 is 21.6 Å². The first kappa shape index (κ1) is 18.4. The van der Waals surface area contributed by atoms with Gasteiger partial charge in [0.1, 0.15) is 10.6 Å². The molecule has 1 amide bonds. The molecule has 1 aliphatic rings. The summed E-state index contributed by atoms with van der Waals surface area (Å²) in [6, 6.07) is 13.6. The van der Waals surface area contributed by atoms with Gasteiger partial charge in [0.2, 0.25) is 10.0 Å². The van der Waals surface area contributed by atoms with Gasteiger partial charge >= 0.3 is 0 Å². The first-order valence-corrected chi connectivity index (χ1v) is 10.1. The number of para-hydroxylation sites is 1. The van der Waals surface area contributed by atoms with E-state index in [-0.39, 0.29) is 22.1 Å². The van der Waals surface area contributed by atoms with Gasteiger partial charge in [-0.1, -0.05) is 18.2 Å². The molecule has 1 heterocycles. The number of carbonyl (C=O) groups excluding carboxylic acids is 1. The molecule has 1 aliphatic heterocycles. The lowest BCUT2D eigenvalue weighted by atomic mass is 10.2. The standard InChI is InChI=1S/C19H22N2O4S/c1-2-25-17-11-10-15(19(22)20-16-8-4-3-5-9-16)14-18(17)26(23,24)21-12-6-7-13-21/h3-5,8-11,14H,2,6-7,12-13H2,1H3,(H,20,22). The van der Waals surface area contributed by atoms with Gasteiger partial charge in [0, 0.05) is 24.3 Å². The van der Waals surface area contributed by atoms with Gasteiger partial charge in [0.15, 0.2) is 0 Å². The first-order chi connectivity index (χ1) is 12.5. The molecule has 1 N–H and O–H groups in total. The third-order valence-corrected chi connectivity index (χ3v) is 6.14. The molecule has 0 atom stereocenters. The van der Waals surface area contributed by atoms with Crippen LogP contribution in [0.5, 0.6) is 5.75 Å². The minimum absolute atomic E-state index is 0.0435. The minimum atomic E-state index is -3.69. The van der Waals surface area contributed by atoms with Gasteiger partial charge in [-0.25, -0.2) is 8.42 Å². The van der Waals surface area contributed by atoms with E-state index in [1.807, 2.05) is 18.2 Å². The quantitative estimate of drug-likeness (QED) is 0.843. The molecule has 1 saturated heterocycles. The van der Waals surface area contributed by atoms with Crippen molar-refractivity contribution < 1.29 is 17.9 Å². The van der Waals surface area contributed by atoms with Gasteiger partial charge in [-0.2, -0.15) is 4.31 Å². The summed E-state index contributed by atoms with van der Waals surface area (Å²) in [5.74, 6) is -0.0900. The van der Waals surface area contributed by atoms with Crippen LogP contribution in [-0.2, 0) is 10.0 Å². The number of ether oxygens (including phenoxy) is 1. The number of amides is 1. The number of benzene rings is 2. The Hall–Kier alpha value is -2.38. The average Bonchev–Trinajstić information content (AvgIpc) is 3.18. The maximum Gasteiger partial charge on any atom is 0.255 e. The van der Waals surface area contributed by atoms with Crippen LogP contribution in [0.2, 0.25) is 0 Å². The molecule has 0 spiro atoms. The molecule has 2 aromatic carbocycles. The number of anilines is 1. The molecule has 26 heavy (non-hydrogen) atoms. The van der Waals surface area contributed by atoms with Crippen molar-refractivity contribution in [3.63, 3.8) is 0 Å². The minimum Gasteiger partial charge on any atom is -0.492 e. The number of carbonyl (C=O) groups is 1. The fourth-order valence-electron chi connectivity index (χ4n) is 2.92. The summed E-state index contributed by atoms with van der Waals surface area (Å²) in [6.07, 6.45) is 1.69. The first-order valence-electron chi connectivity index (χ1n) is 8.66. The Balaban J connectivity index is 1.94. The number of rotatable bonds is 6. The summed E-state index contributed by atoms with van der Waals surface area (Å²) in [6.45, 7) is 3.13. The highest BCUT2D eigenvalue weighted by atomic mass is 32.2. The molecule has 0 saturated carbocycles. The molecular weight excluding hydrogens is 352 g/mol. The van der Waals surface area contributed by atoms with Crippen LogP contribution in [0.15, 0.2) is 53.4 Å². The second-order valence-corrected chi connectivity index (χ2v) is 7.93. The molecule has 0 aliphatic carbocycles. The number of hydrogen-bond donors (Lipinski definition) is 1. The van der Waals surface area contributed by atoms with Crippen molar-refractivity contribution in [3.8, 4) is 5.75 Å². The van der Waals surface area contributed by atoms with Crippen molar-refractivity contribution in [3.05, 3.63) is 54.1 Å². The van der Waals surface area contributed by atoms with E-state index in [1.165, 1.54) is 10.4 Å². The second-order valence-electron chi connectivity index (χ2n) is 6.03. The highest BCUT2D eigenvalue weighted by molar-refractivity contribution is 7.89. The number of hydrogen-bond acceptors (Lipinski definition) is 4. The molecule has 138 valence electrons. The lowest BCUT2D eigenvalue weighted by Crippen LogP contribution is -2.28. The molecule has 1 fully saturated rings. The van der Waals surface area contributed by atoms with Crippen molar-refractivity contribution in [1.82, 2.24) is 4.31 Å². The molecule has 7 heteroatoms. The van der Waals surface area contributed by atoms with Gasteiger partial charge in [-0.3, -0.25) is 4.79 Å². The average molecular weight is 374 g/mol. The van der Waals surface area contributed by atoms with E-state index in [0.29, 0.717) is 25.4 Å². The predicted molar refractivity (Wildman–Crippen MR) is 100.0 cm³/mol. The number of nitrogens with one attached hydrogen (secondary N) is 1. The van der Waals surface area contributed by atoms with Gasteiger partial charge in [0.25, 0.3) is 5.91 Å². The fraction of sp³-hybridized carbons (Fsp3) is 0.316. The van der Waals surface area contributed by atoms with Crippen LogP contribution in [0.1, 0.15) is 30.1 Å².